The molecule has 4 rings (SSSR count). The zero-order valence-corrected chi connectivity index (χ0v) is 14.5. The van der Waals surface area contributed by atoms with Crippen molar-refractivity contribution in [3.05, 3.63) is 87.7 Å². The fraction of sp³-hybridized carbons (Fsp3) is 0.105. The van der Waals surface area contributed by atoms with Crippen molar-refractivity contribution in [2.24, 2.45) is 7.05 Å². The van der Waals surface area contributed by atoms with E-state index < -0.39 is 28.8 Å². The predicted molar refractivity (Wildman–Crippen MR) is 93.2 cm³/mol. The molecule has 142 valence electrons. The summed E-state index contributed by atoms with van der Waals surface area (Å²) >= 11 is 0. The first-order valence-electron chi connectivity index (χ1n) is 8.17. The molecule has 28 heavy (non-hydrogen) atoms. The Bertz CT molecular complexity index is 1280. The number of nitrogens with zero attached hydrogens (tertiary/aromatic N) is 4. The zero-order chi connectivity index (χ0) is 20.0. The summed E-state index contributed by atoms with van der Waals surface area (Å²) in [7, 11) is 1.63. The molecule has 2 aromatic carbocycles. The second kappa shape index (κ2) is 6.59. The van der Waals surface area contributed by atoms with Gasteiger partial charge < -0.3 is 4.57 Å². The Morgan fingerprint density at radius 1 is 0.964 bits per heavy atom. The first kappa shape index (κ1) is 17.9. The van der Waals surface area contributed by atoms with Gasteiger partial charge >= 0.3 is 0 Å². The Morgan fingerprint density at radius 3 is 2.46 bits per heavy atom. The minimum atomic E-state index is -1.15. The number of aryl methyl sites for hydroxylation is 1. The van der Waals surface area contributed by atoms with Crippen LogP contribution >= 0.6 is 0 Å². The molecule has 0 unspecified atom stereocenters. The highest BCUT2D eigenvalue weighted by atomic mass is 19.2. The van der Waals surface area contributed by atoms with E-state index in [1.807, 2.05) is 0 Å². The van der Waals surface area contributed by atoms with Crippen LogP contribution in [0.3, 0.4) is 0 Å². The van der Waals surface area contributed by atoms with Crippen molar-refractivity contribution >= 4 is 11.2 Å². The van der Waals surface area contributed by atoms with Crippen LogP contribution in [0.25, 0.3) is 16.9 Å². The van der Waals surface area contributed by atoms with Gasteiger partial charge in [-0.15, -0.1) is 0 Å². The number of rotatable bonds is 3. The van der Waals surface area contributed by atoms with Gasteiger partial charge in [-0.1, -0.05) is 6.07 Å². The average molecular weight is 388 g/mol. The Hall–Kier alpha value is -3.49. The molecule has 0 fully saturated rings. The van der Waals surface area contributed by atoms with Crippen molar-refractivity contribution in [2.75, 3.05) is 0 Å². The van der Waals surface area contributed by atoms with Crippen molar-refractivity contribution in [2.45, 2.75) is 6.42 Å². The third-order valence-electron chi connectivity index (χ3n) is 4.33. The maximum Gasteiger partial charge on any atom is 0.286 e. The first-order chi connectivity index (χ1) is 13.3. The molecule has 0 aliphatic rings. The third kappa shape index (κ3) is 2.94. The van der Waals surface area contributed by atoms with Crippen LogP contribution in [0, 0.1) is 23.3 Å². The van der Waals surface area contributed by atoms with E-state index in [0.717, 1.165) is 28.8 Å². The molecule has 2 heterocycles. The molecule has 0 aliphatic carbocycles. The molecule has 4 aromatic rings. The number of aromatic nitrogens is 4. The summed E-state index contributed by atoms with van der Waals surface area (Å²) in [6, 6.07) is 5.97. The molecule has 5 nitrogen and oxygen atoms in total. The topological polar surface area (TPSA) is 52.7 Å². The Labute approximate surface area is 155 Å². The van der Waals surface area contributed by atoms with Crippen LogP contribution in [-0.4, -0.2) is 19.1 Å². The highest BCUT2D eigenvalue weighted by Crippen LogP contribution is 2.19. The summed E-state index contributed by atoms with van der Waals surface area (Å²) in [5, 5.41) is 0. The molecule has 0 saturated carbocycles. The van der Waals surface area contributed by atoms with Gasteiger partial charge in [0.05, 0.1) is 12.0 Å². The van der Waals surface area contributed by atoms with Crippen molar-refractivity contribution in [3.8, 4) is 5.69 Å². The van der Waals surface area contributed by atoms with Gasteiger partial charge in [-0.3, -0.25) is 9.36 Å². The zero-order valence-electron chi connectivity index (χ0n) is 14.5. The number of hydrogen-bond donors (Lipinski definition) is 0. The van der Waals surface area contributed by atoms with Gasteiger partial charge in [0, 0.05) is 25.6 Å². The van der Waals surface area contributed by atoms with Crippen LogP contribution in [0.15, 0.2) is 47.5 Å². The Morgan fingerprint density at radius 2 is 1.75 bits per heavy atom. The number of hydrogen-bond acceptors (Lipinski definition) is 3. The fourth-order valence-electron chi connectivity index (χ4n) is 2.95. The van der Waals surface area contributed by atoms with Crippen LogP contribution in [0.4, 0.5) is 17.6 Å². The lowest BCUT2D eigenvalue weighted by molar-refractivity contribution is 0.507. The van der Waals surface area contributed by atoms with Crippen LogP contribution in [0.2, 0.25) is 0 Å². The van der Waals surface area contributed by atoms with Gasteiger partial charge in [0.15, 0.2) is 22.8 Å². The molecule has 0 atom stereocenters. The monoisotopic (exact) mass is 388 g/mol. The van der Waals surface area contributed by atoms with Gasteiger partial charge in [0.1, 0.15) is 17.5 Å². The quantitative estimate of drug-likeness (QED) is 0.506. The highest BCUT2D eigenvalue weighted by molar-refractivity contribution is 5.70. The molecule has 0 saturated heterocycles. The minimum absolute atomic E-state index is 0.0153. The van der Waals surface area contributed by atoms with E-state index in [1.165, 1.54) is 23.0 Å². The van der Waals surface area contributed by atoms with Crippen LogP contribution < -0.4 is 5.56 Å². The second-order valence-corrected chi connectivity index (χ2v) is 6.21. The Kier molecular flexibility index (Phi) is 4.21. The predicted octanol–water partition coefficient (Wildman–Crippen LogP) is 3.27. The molecule has 0 amide bonds. The molecule has 0 aliphatic heterocycles. The van der Waals surface area contributed by atoms with Crippen LogP contribution in [0.5, 0.6) is 0 Å². The van der Waals surface area contributed by atoms with E-state index in [-0.39, 0.29) is 34.7 Å². The minimum Gasteiger partial charge on any atom is -0.318 e. The molecule has 0 spiro atoms. The lowest BCUT2D eigenvalue weighted by Gasteiger charge is -2.13. The lowest BCUT2D eigenvalue weighted by Crippen LogP contribution is -2.25. The summed E-state index contributed by atoms with van der Waals surface area (Å²) in [5.41, 5.74) is -0.237. The van der Waals surface area contributed by atoms with E-state index >= 15 is 0 Å². The second-order valence-electron chi connectivity index (χ2n) is 6.21. The summed E-state index contributed by atoms with van der Waals surface area (Å²) in [6.45, 7) is 0. The van der Waals surface area contributed by atoms with Crippen molar-refractivity contribution in [1.29, 1.82) is 0 Å². The van der Waals surface area contributed by atoms with Gasteiger partial charge in [0.2, 0.25) is 0 Å². The van der Waals surface area contributed by atoms with Gasteiger partial charge in [-0.05, 0) is 23.8 Å². The van der Waals surface area contributed by atoms with E-state index in [4.69, 9.17) is 0 Å². The van der Waals surface area contributed by atoms with Crippen LogP contribution in [-0.2, 0) is 13.5 Å². The van der Waals surface area contributed by atoms with Crippen molar-refractivity contribution in [3.63, 3.8) is 0 Å². The maximum atomic E-state index is 14.1. The lowest BCUT2D eigenvalue weighted by atomic mass is 10.1. The number of halogens is 4. The summed E-state index contributed by atoms with van der Waals surface area (Å²) in [4.78, 5) is 21.3. The van der Waals surface area contributed by atoms with Crippen molar-refractivity contribution in [1.82, 2.24) is 19.1 Å². The molecule has 9 heteroatoms. The SMILES string of the molecule is Cn1cnc2c(=O)n(-c3ccc(F)c(F)c3)c(Cc3ccc(F)cc3F)nc21. The first-order valence-corrected chi connectivity index (χ1v) is 8.17. The molecular formula is C19H12F4N4O. The molecule has 0 radical (unpaired) electrons. The standard InChI is InChI=1S/C19H12F4N4O/c1-26-9-24-17-18(26)25-16(6-10-2-3-11(20)7-14(10)22)27(19(17)28)12-4-5-13(21)15(23)8-12/h2-5,7-9H,6H2,1H3. The van der Waals surface area contributed by atoms with E-state index in [2.05, 4.69) is 9.97 Å². The summed E-state index contributed by atoms with van der Waals surface area (Å²) in [6.07, 6.45) is 1.21. The molecular weight excluding hydrogens is 376 g/mol. The average Bonchev–Trinajstić information content (AvgIpc) is 3.02. The normalized spacial score (nSPS) is 11.3. The number of fused-ring (bicyclic) bond motifs is 1. The molecule has 0 N–H and O–H groups in total. The van der Waals surface area contributed by atoms with E-state index in [9.17, 15) is 22.4 Å². The third-order valence-corrected chi connectivity index (χ3v) is 4.33. The highest BCUT2D eigenvalue weighted by Gasteiger charge is 2.18. The smallest absolute Gasteiger partial charge is 0.286 e. The van der Waals surface area contributed by atoms with Gasteiger partial charge in [-0.2, -0.15) is 0 Å². The van der Waals surface area contributed by atoms with Gasteiger partial charge in [-0.25, -0.2) is 27.5 Å². The summed E-state index contributed by atoms with van der Waals surface area (Å²) < 4.78 is 57.0. The number of benzene rings is 2. The van der Waals surface area contributed by atoms with Crippen molar-refractivity contribution < 1.29 is 17.6 Å². The Balaban J connectivity index is 1.98. The van der Waals surface area contributed by atoms with E-state index in [1.54, 1.807) is 7.05 Å². The summed E-state index contributed by atoms with van der Waals surface area (Å²) in [5.74, 6) is -3.71. The number of imidazole rings is 1. The maximum absolute atomic E-state index is 14.1. The fourth-order valence-corrected chi connectivity index (χ4v) is 2.95. The largest absolute Gasteiger partial charge is 0.318 e. The van der Waals surface area contributed by atoms with Crippen LogP contribution in [0.1, 0.15) is 11.4 Å². The van der Waals surface area contributed by atoms with Gasteiger partial charge in [0.25, 0.3) is 5.56 Å². The molecule has 0 bridgehead atoms. The van der Waals surface area contributed by atoms with E-state index in [0.29, 0.717) is 0 Å². The molecule has 2 aromatic heterocycles.